The fourth-order valence-electron chi connectivity index (χ4n) is 4.94. The van der Waals surface area contributed by atoms with Gasteiger partial charge in [0.25, 0.3) is 5.91 Å². The monoisotopic (exact) mass is 492 g/mol. The molecule has 192 valence electrons. The number of carbonyl (C=O) groups is 1. The summed E-state index contributed by atoms with van der Waals surface area (Å²) >= 11 is 0. The average molecular weight is 493 g/mol. The molecule has 2 aromatic rings. The van der Waals surface area contributed by atoms with Gasteiger partial charge < -0.3 is 24.1 Å². The van der Waals surface area contributed by atoms with Crippen LogP contribution in [0.5, 0.6) is 5.75 Å². The van der Waals surface area contributed by atoms with Crippen molar-refractivity contribution in [2.24, 2.45) is 5.92 Å². The molecule has 2 aliphatic heterocycles. The summed E-state index contributed by atoms with van der Waals surface area (Å²) in [6, 6.07) is 10.6. The number of likely N-dealkylation sites (N-methyl/N-ethyl adjacent to an activating group) is 1. The van der Waals surface area contributed by atoms with Gasteiger partial charge in [0.15, 0.2) is 11.5 Å². The maximum atomic E-state index is 13.2. The molecule has 3 aliphatic rings. The summed E-state index contributed by atoms with van der Waals surface area (Å²) in [5.41, 5.74) is 8.00. The number of nitrogens with zero attached hydrogens (tertiary/aromatic N) is 2. The molecule has 2 unspecified atom stereocenters. The lowest BCUT2D eigenvalue weighted by Crippen LogP contribution is -2.39. The summed E-state index contributed by atoms with van der Waals surface area (Å²) in [7, 11) is 2.15. The predicted octanol–water partition coefficient (Wildman–Crippen LogP) is 2.51. The number of amides is 1. The van der Waals surface area contributed by atoms with E-state index in [-0.39, 0.29) is 11.7 Å². The molecule has 5 rings (SSSR count). The molecule has 1 aromatic carbocycles. The van der Waals surface area contributed by atoms with Gasteiger partial charge in [-0.2, -0.15) is 0 Å². The van der Waals surface area contributed by atoms with E-state index in [0.717, 1.165) is 30.3 Å². The normalized spacial score (nSPS) is 22.0. The van der Waals surface area contributed by atoms with Gasteiger partial charge in [-0.1, -0.05) is 12.0 Å². The predicted molar refractivity (Wildman–Crippen MR) is 136 cm³/mol. The van der Waals surface area contributed by atoms with Crippen LogP contribution >= 0.6 is 0 Å². The molecule has 0 bridgehead atoms. The van der Waals surface area contributed by atoms with E-state index in [1.807, 2.05) is 6.07 Å². The molecule has 1 aliphatic carbocycles. The maximum absolute atomic E-state index is 13.2. The van der Waals surface area contributed by atoms with Crippen LogP contribution in [0.1, 0.15) is 60.6 Å². The molecule has 1 saturated carbocycles. The van der Waals surface area contributed by atoms with Crippen molar-refractivity contribution in [1.29, 1.82) is 0 Å². The van der Waals surface area contributed by atoms with Gasteiger partial charge in [-0.15, -0.1) is 0 Å². The van der Waals surface area contributed by atoms with E-state index in [1.165, 1.54) is 24.8 Å². The van der Waals surface area contributed by atoms with Crippen molar-refractivity contribution in [2.75, 3.05) is 26.7 Å². The first-order chi connectivity index (χ1) is 17.2. The van der Waals surface area contributed by atoms with E-state index >= 15 is 0 Å². The Labute approximate surface area is 212 Å². The Morgan fingerprint density at radius 2 is 2.08 bits per heavy atom. The Morgan fingerprint density at radius 3 is 2.86 bits per heavy atom. The standard InChI is InChI=1S/C28H36N4O4/c1-28(2,34)11-10-23-7-9-26(36-23)27(33)32-12-13-35-25-8-4-19(14-21(25)17-32)16-31(3)18-22-15-24(30-29-22)20-5-6-20/h4,7-9,14,20,22,24,29-30,34H,5-6,12-13,15-18H2,1-3H3. The van der Waals surface area contributed by atoms with Crippen LogP contribution in [0.2, 0.25) is 0 Å². The molecule has 3 N–H and O–H groups in total. The Bertz CT molecular complexity index is 1150. The van der Waals surface area contributed by atoms with E-state index in [0.29, 0.717) is 37.5 Å². The van der Waals surface area contributed by atoms with E-state index < -0.39 is 5.60 Å². The molecule has 3 heterocycles. The summed E-state index contributed by atoms with van der Waals surface area (Å²) in [6.45, 7) is 6.35. The number of hydrazine groups is 1. The number of nitrogens with one attached hydrogen (secondary N) is 2. The van der Waals surface area contributed by atoms with Gasteiger partial charge in [0.1, 0.15) is 18.0 Å². The highest BCUT2D eigenvalue weighted by atomic mass is 16.5. The van der Waals surface area contributed by atoms with Crippen LogP contribution in [-0.4, -0.2) is 65.2 Å². The van der Waals surface area contributed by atoms with Crippen molar-refractivity contribution in [1.82, 2.24) is 20.7 Å². The third kappa shape index (κ3) is 6.29. The van der Waals surface area contributed by atoms with Crippen LogP contribution in [0.15, 0.2) is 34.7 Å². The number of aliphatic hydroxyl groups is 1. The lowest BCUT2D eigenvalue weighted by molar-refractivity contribution is 0.0700. The highest BCUT2D eigenvalue weighted by Gasteiger charge is 2.36. The van der Waals surface area contributed by atoms with Gasteiger partial charge in [-0.05, 0) is 81.8 Å². The molecule has 1 saturated heterocycles. The molecule has 2 fully saturated rings. The van der Waals surface area contributed by atoms with E-state index in [1.54, 1.807) is 30.9 Å². The van der Waals surface area contributed by atoms with Crippen molar-refractivity contribution in [3.63, 3.8) is 0 Å². The fraction of sp³-hybridized carbons (Fsp3) is 0.536. The topological polar surface area (TPSA) is 90.2 Å². The second kappa shape index (κ2) is 10.3. The van der Waals surface area contributed by atoms with E-state index in [9.17, 15) is 9.90 Å². The number of rotatable bonds is 6. The van der Waals surface area contributed by atoms with Gasteiger partial charge in [-0.3, -0.25) is 15.6 Å². The Morgan fingerprint density at radius 1 is 1.25 bits per heavy atom. The summed E-state index contributed by atoms with van der Waals surface area (Å²) in [5, 5.41) is 9.79. The van der Waals surface area contributed by atoms with Crippen LogP contribution in [-0.2, 0) is 13.1 Å². The summed E-state index contributed by atoms with van der Waals surface area (Å²) in [4.78, 5) is 17.3. The largest absolute Gasteiger partial charge is 0.491 e. The number of benzene rings is 1. The lowest BCUT2D eigenvalue weighted by atomic mass is 10.1. The number of carbonyl (C=O) groups excluding carboxylic acids is 1. The molecule has 8 nitrogen and oxygen atoms in total. The lowest BCUT2D eigenvalue weighted by Gasteiger charge is -2.22. The Kier molecular flexibility index (Phi) is 7.09. The van der Waals surface area contributed by atoms with E-state index in [4.69, 9.17) is 9.15 Å². The van der Waals surface area contributed by atoms with Crippen LogP contribution in [0.25, 0.3) is 0 Å². The molecular weight excluding hydrogens is 456 g/mol. The molecule has 8 heteroatoms. The van der Waals surface area contributed by atoms with Crippen molar-refractivity contribution in [3.8, 4) is 17.6 Å². The zero-order chi connectivity index (χ0) is 25.3. The van der Waals surface area contributed by atoms with Crippen molar-refractivity contribution >= 4 is 5.91 Å². The minimum Gasteiger partial charge on any atom is -0.491 e. The Balaban J connectivity index is 1.21. The van der Waals surface area contributed by atoms with Crippen LogP contribution in [0.4, 0.5) is 0 Å². The third-order valence-corrected chi connectivity index (χ3v) is 6.89. The molecular formula is C28H36N4O4. The van der Waals surface area contributed by atoms with Gasteiger partial charge in [0, 0.05) is 37.3 Å². The SMILES string of the molecule is CN(Cc1ccc2c(c1)CN(C(=O)c1ccc(C#CC(C)(C)O)o1)CCO2)CC1CC(C2CC2)NN1. The van der Waals surface area contributed by atoms with Crippen LogP contribution in [0.3, 0.4) is 0 Å². The van der Waals surface area contributed by atoms with Gasteiger partial charge in [-0.25, -0.2) is 0 Å². The molecule has 2 atom stereocenters. The van der Waals surface area contributed by atoms with Crippen LogP contribution in [0, 0.1) is 17.8 Å². The first kappa shape index (κ1) is 24.8. The highest BCUT2D eigenvalue weighted by Crippen LogP contribution is 2.35. The minimum absolute atomic E-state index is 0.199. The number of fused-ring (bicyclic) bond motifs is 1. The van der Waals surface area contributed by atoms with Crippen molar-refractivity contribution in [2.45, 2.75) is 63.9 Å². The smallest absolute Gasteiger partial charge is 0.290 e. The average Bonchev–Trinajstić information content (AvgIpc) is 3.45. The number of hydrogen-bond donors (Lipinski definition) is 3. The number of hydrogen-bond acceptors (Lipinski definition) is 7. The van der Waals surface area contributed by atoms with E-state index in [2.05, 4.69) is 46.8 Å². The summed E-state index contributed by atoms with van der Waals surface area (Å²) < 4.78 is 11.6. The first-order valence-corrected chi connectivity index (χ1v) is 12.8. The highest BCUT2D eigenvalue weighted by molar-refractivity contribution is 5.91. The maximum Gasteiger partial charge on any atom is 0.290 e. The van der Waals surface area contributed by atoms with Gasteiger partial charge in [0.05, 0.1) is 6.54 Å². The van der Waals surface area contributed by atoms with Crippen molar-refractivity contribution < 1.29 is 19.1 Å². The molecule has 1 amide bonds. The molecule has 36 heavy (non-hydrogen) atoms. The second-order valence-electron chi connectivity index (χ2n) is 10.9. The Hall–Kier alpha value is -2.83. The second-order valence-corrected chi connectivity index (χ2v) is 10.9. The number of furan rings is 1. The summed E-state index contributed by atoms with van der Waals surface area (Å²) in [6.07, 6.45) is 3.90. The first-order valence-electron chi connectivity index (χ1n) is 12.8. The molecule has 0 radical (unpaired) electrons. The van der Waals surface area contributed by atoms with Crippen molar-refractivity contribution in [3.05, 3.63) is 53.0 Å². The fourth-order valence-corrected chi connectivity index (χ4v) is 4.94. The third-order valence-electron chi connectivity index (χ3n) is 6.89. The molecule has 0 spiro atoms. The number of ether oxygens (including phenoxy) is 1. The minimum atomic E-state index is -1.13. The molecule has 1 aromatic heterocycles. The van der Waals surface area contributed by atoms with Gasteiger partial charge >= 0.3 is 0 Å². The van der Waals surface area contributed by atoms with Crippen LogP contribution < -0.4 is 15.6 Å². The summed E-state index contributed by atoms with van der Waals surface area (Å²) in [5.74, 6) is 7.55. The zero-order valence-corrected chi connectivity index (χ0v) is 21.3. The quantitative estimate of drug-likeness (QED) is 0.534. The van der Waals surface area contributed by atoms with Gasteiger partial charge in [0.2, 0.25) is 0 Å². The zero-order valence-electron chi connectivity index (χ0n) is 21.3.